The number of sulfonamides is 1. The number of amides is 1. The van der Waals surface area contributed by atoms with Gasteiger partial charge < -0.3 is 10.2 Å². The van der Waals surface area contributed by atoms with Crippen LogP contribution in [0.5, 0.6) is 0 Å². The molecule has 1 N–H and O–H groups in total. The van der Waals surface area contributed by atoms with Crippen molar-refractivity contribution in [3.8, 4) is 0 Å². The summed E-state index contributed by atoms with van der Waals surface area (Å²) in [7, 11) is -1.47. The number of anilines is 1. The maximum Gasteiger partial charge on any atom is 0.243 e. The summed E-state index contributed by atoms with van der Waals surface area (Å²) in [5.74, 6) is -0.182. The predicted octanol–water partition coefficient (Wildman–Crippen LogP) is 0.970. The van der Waals surface area contributed by atoms with Gasteiger partial charge in [0.05, 0.1) is 4.90 Å². The second-order valence-electron chi connectivity index (χ2n) is 5.40. The van der Waals surface area contributed by atoms with E-state index in [1.54, 1.807) is 12.1 Å². The molecule has 0 spiro atoms. The zero-order valence-corrected chi connectivity index (χ0v) is 13.4. The van der Waals surface area contributed by atoms with Crippen LogP contribution in [-0.2, 0) is 14.8 Å². The number of hydrogen-bond donors (Lipinski definition) is 1. The van der Waals surface area contributed by atoms with Gasteiger partial charge in [0.1, 0.15) is 0 Å². The van der Waals surface area contributed by atoms with Gasteiger partial charge in [-0.25, -0.2) is 8.42 Å². The van der Waals surface area contributed by atoms with Crippen LogP contribution in [0.3, 0.4) is 0 Å². The van der Waals surface area contributed by atoms with Gasteiger partial charge in [-0.1, -0.05) is 0 Å². The summed E-state index contributed by atoms with van der Waals surface area (Å²) in [6.07, 6.45) is 0. The van der Waals surface area contributed by atoms with Crippen molar-refractivity contribution in [3.63, 3.8) is 0 Å². The third-order valence-corrected chi connectivity index (χ3v) is 5.61. The average molecular weight is 311 g/mol. The lowest BCUT2D eigenvalue weighted by molar-refractivity contribution is -0.114. The normalized spacial score (nSPS) is 21.2. The Morgan fingerprint density at radius 1 is 1.24 bits per heavy atom. The highest BCUT2D eigenvalue weighted by molar-refractivity contribution is 7.89. The fraction of sp³-hybridized carbons (Fsp3) is 0.500. The summed E-state index contributed by atoms with van der Waals surface area (Å²) < 4.78 is 26.7. The molecule has 1 aliphatic heterocycles. The van der Waals surface area contributed by atoms with Crippen molar-refractivity contribution in [3.05, 3.63) is 24.3 Å². The number of benzene rings is 1. The van der Waals surface area contributed by atoms with E-state index in [2.05, 4.69) is 10.2 Å². The molecule has 1 heterocycles. The van der Waals surface area contributed by atoms with Crippen LogP contribution in [0, 0.1) is 0 Å². The Morgan fingerprint density at radius 2 is 1.86 bits per heavy atom. The van der Waals surface area contributed by atoms with Gasteiger partial charge in [-0.15, -0.1) is 0 Å². The zero-order chi connectivity index (χ0) is 15.6. The fourth-order valence-corrected chi connectivity index (χ4v) is 3.81. The number of piperazine rings is 1. The minimum Gasteiger partial charge on any atom is -0.326 e. The van der Waals surface area contributed by atoms with Crippen LogP contribution in [0.2, 0.25) is 0 Å². The van der Waals surface area contributed by atoms with Crippen molar-refractivity contribution in [2.45, 2.75) is 24.8 Å². The first-order chi connectivity index (χ1) is 9.80. The lowest BCUT2D eigenvalue weighted by Gasteiger charge is -2.36. The molecule has 2 rings (SSSR count). The van der Waals surface area contributed by atoms with Gasteiger partial charge >= 0.3 is 0 Å². The van der Waals surface area contributed by atoms with Gasteiger partial charge in [0.15, 0.2) is 0 Å². The molecule has 0 aliphatic carbocycles. The molecule has 0 bridgehead atoms. The number of hydrogen-bond acceptors (Lipinski definition) is 4. The standard InChI is InChI=1S/C14H21N3O3S/c1-11-10-17(9-8-16(11)3)21(19,20)14-6-4-13(5-7-14)15-12(2)18/h4-7,11H,8-10H2,1-3H3,(H,15,18). The Kier molecular flexibility index (Phi) is 4.65. The Morgan fingerprint density at radius 3 is 2.38 bits per heavy atom. The fourth-order valence-electron chi connectivity index (χ4n) is 2.30. The van der Waals surface area contributed by atoms with E-state index in [-0.39, 0.29) is 16.8 Å². The van der Waals surface area contributed by atoms with E-state index >= 15 is 0 Å². The molecule has 1 aromatic carbocycles. The Labute approximate surface area is 125 Å². The van der Waals surface area contributed by atoms with Gasteiger partial charge in [-0.2, -0.15) is 4.31 Å². The van der Waals surface area contributed by atoms with E-state index < -0.39 is 10.0 Å². The number of nitrogens with one attached hydrogen (secondary N) is 1. The van der Waals surface area contributed by atoms with Crippen molar-refractivity contribution < 1.29 is 13.2 Å². The Bertz CT molecular complexity index is 613. The Hall–Kier alpha value is -1.44. The lowest BCUT2D eigenvalue weighted by Crippen LogP contribution is -2.51. The summed E-state index contributed by atoms with van der Waals surface area (Å²) in [4.78, 5) is 13.4. The van der Waals surface area contributed by atoms with E-state index in [4.69, 9.17) is 0 Å². The van der Waals surface area contributed by atoms with Crippen molar-refractivity contribution in [1.29, 1.82) is 0 Å². The van der Waals surface area contributed by atoms with Crippen LogP contribution in [0.1, 0.15) is 13.8 Å². The first-order valence-electron chi connectivity index (χ1n) is 6.89. The van der Waals surface area contributed by atoms with Gasteiger partial charge in [0.2, 0.25) is 15.9 Å². The van der Waals surface area contributed by atoms with Crippen LogP contribution in [0.15, 0.2) is 29.2 Å². The quantitative estimate of drug-likeness (QED) is 0.903. The predicted molar refractivity (Wildman–Crippen MR) is 81.6 cm³/mol. The van der Waals surface area contributed by atoms with Gasteiger partial charge in [-0.3, -0.25) is 4.79 Å². The average Bonchev–Trinajstić information content (AvgIpc) is 2.41. The molecule has 116 valence electrons. The first-order valence-corrected chi connectivity index (χ1v) is 8.33. The Balaban J connectivity index is 2.18. The highest BCUT2D eigenvalue weighted by Crippen LogP contribution is 2.21. The smallest absolute Gasteiger partial charge is 0.243 e. The summed E-state index contributed by atoms with van der Waals surface area (Å²) in [6, 6.07) is 6.47. The molecule has 0 saturated carbocycles. The minimum atomic E-state index is -3.47. The third-order valence-electron chi connectivity index (χ3n) is 3.73. The molecular weight excluding hydrogens is 290 g/mol. The summed E-state index contributed by atoms with van der Waals surface area (Å²) >= 11 is 0. The molecule has 7 heteroatoms. The molecule has 1 saturated heterocycles. The number of rotatable bonds is 3. The monoisotopic (exact) mass is 311 g/mol. The second-order valence-corrected chi connectivity index (χ2v) is 7.34. The van der Waals surface area contributed by atoms with Gasteiger partial charge in [0, 0.05) is 38.3 Å². The SMILES string of the molecule is CC(=O)Nc1ccc(S(=O)(=O)N2CCN(C)C(C)C2)cc1. The first kappa shape index (κ1) is 15.9. The molecule has 0 aromatic heterocycles. The van der Waals surface area contributed by atoms with E-state index in [0.29, 0.717) is 18.8 Å². The van der Waals surface area contributed by atoms with Crippen molar-refractivity contribution in [2.75, 3.05) is 32.0 Å². The van der Waals surface area contributed by atoms with Crippen molar-refractivity contribution >= 4 is 21.6 Å². The van der Waals surface area contributed by atoms with Crippen LogP contribution in [-0.4, -0.2) is 56.3 Å². The molecule has 21 heavy (non-hydrogen) atoms. The highest BCUT2D eigenvalue weighted by atomic mass is 32.2. The van der Waals surface area contributed by atoms with Crippen molar-refractivity contribution in [1.82, 2.24) is 9.21 Å². The summed E-state index contributed by atoms with van der Waals surface area (Å²) in [5.41, 5.74) is 0.591. The van der Waals surface area contributed by atoms with Gasteiger partial charge in [0.25, 0.3) is 0 Å². The number of carbonyl (C=O) groups excluding carboxylic acids is 1. The van der Waals surface area contributed by atoms with E-state index in [1.165, 1.54) is 23.4 Å². The molecule has 1 atom stereocenters. The van der Waals surface area contributed by atoms with E-state index in [0.717, 1.165) is 6.54 Å². The van der Waals surface area contributed by atoms with Gasteiger partial charge in [-0.05, 0) is 38.2 Å². The van der Waals surface area contributed by atoms with Crippen LogP contribution < -0.4 is 5.32 Å². The lowest BCUT2D eigenvalue weighted by atomic mass is 10.2. The third kappa shape index (κ3) is 3.61. The number of carbonyl (C=O) groups is 1. The summed E-state index contributed by atoms with van der Waals surface area (Å²) in [5, 5.41) is 2.62. The maximum absolute atomic E-state index is 12.6. The molecule has 1 fully saturated rings. The molecule has 1 amide bonds. The molecule has 1 aromatic rings. The van der Waals surface area contributed by atoms with E-state index in [9.17, 15) is 13.2 Å². The van der Waals surface area contributed by atoms with Crippen LogP contribution >= 0.6 is 0 Å². The van der Waals surface area contributed by atoms with E-state index in [1.807, 2.05) is 14.0 Å². The summed E-state index contributed by atoms with van der Waals surface area (Å²) in [6.45, 7) is 5.14. The topological polar surface area (TPSA) is 69.7 Å². The maximum atomic E-state index is 12.6. The molecule has 1 aliphatic rings. The minimum absolute atomic E-state index is 0.182. The largest absolute Gasteiger partial charge is 0.326 e. The van der Waals surface area contributed by atoms with Crippen LogP contribution in [0.4, 0.5) is 5.69 Å². The number of nitrogens with zero attached hydrogens (tertiary/aromatic N) is 2. The number of likely N-dealkylation sites (N-methyl/N-ethyl adjacent to an activating group) is 1. The molecule has 0 radical (unpaired) electrons. The van der Waals surface area contributed by atoms with Crippen molar-refractivity contribution in [2.24, 2.45) is 0 Å². The zero-order valence-electron chi connectivity index (χ0n) is 12.5. The molecular formula is C14H21N3O3S. The molecule has 6 nitrogen and oxygen atoms in total. The molecule has 1 unspecified atom stereocenters. The van der Waals surface area contributed by atoms with Crippen LogP contribution in [0.25, 0.3) is 0 Å². The second kappa shape index (κ2) is 6.13. The highest BCUT2D eigenvalue weighted by Gasteiger charge is 2.30.